The van der Waals surface area contributed by atoms with Gasteiger partial charge in [0, 0.05) is 17.6 Å². The molecule has 1 aromatic carbocycles. The van der Waals surface area contributed by atoms with E-state index in [9.17, 15) is 0 Å². The molecule has 1 heterocycles. The second-order valence-corrected chi connectivity index (χ2v) is 3.95. The second-order valence-electron chi connectivity index (χ2n) is 3.54. The number of halogens is 1. The fraction of sp³-hybridized carbons (Fsp3) is 0.364. The smallest absolute Gasteiger partial charge is 0.0669 e. The van der Waals surface area contributed by atoms with Gasteiger partial charge in [0.15, 0.2) is 0 Å². The van der Waals surface area contributed by atoms with Gasteiger partial charge in [-0.1, -0.05) is 29.8 Å². The molecule has 0 radical (unpaired) electrons. The number of benzene rings is 1. The van der Waals surface area contributed by atoms with E-state index >= 15 is 0 Å². The first-order valence-electron chi connectivity index (χ1n) is 4.68. The van der Waals surface area contributed by atoms with Crippen LogP contribution in [-0.4, -0.2) is 6.54 Å². The van der Waals surface area contributed by atoms with Gasteiger partial charge in [0.2, 0.25) is 0 Å². The van der Waals surface area contributed by atoms with Crippen molar-refractivity contribution in [3.8, 4) is 6.07 Å². The molecule has 1 aromatic rings. The molecule has 1 aliphatic rings. The first-order valence-corrected chi connectivity index (χ1v) is 5.06. The zero-order valence-corrected chi connectivity index (χ0v) is 8.46. The summed E-state index contributed by atoms with van der Waals surface area (Å²) < 4.78 is 0. The SMILES string of the molecule is N#CC1CNC(c2ccccc2Cl)C1. The highest BCUT2D eigenvalue weighted by Gasteiger charge is 2.25. The van der Waals surface area contributed by atoms with E-state index < -0.39 is 0 Å². The first kappa shape index (κ1) is 9.51. The predicted molar refractivity (Wildman–Crippen MR) is 55.9 cm³/mol. The van der Waals surface area contributed by atoms with Gasteiger partial charge in [-0.05, 0) is 18.1 Å². The minimum Gasteiger partial charge on any atom is -0.309 e. The van der Waals surface area contributed by atoms with Gasteiger partial charge in [-0.3, -0.25) is 0 Å². The molecular formula is C11H11ClN2. The molecule has 1 aliphatic heterocycles. The Morgan fingerprint density at radius 2 is 2.21 bits per heavy atom. The molecule has 0 aliphatic carbocycles. The molecule has 2 unspecified atom stereocenters. The van der Waals surface area contributed by atoms with Crippen LogP contribution in [0.25, 0.3) is 0 Å². The van der Waals surface area contributed by atoms with Crippen molar-refractivity contribution in [2.24, 2.45) is 5.92 Å². The van der Waals surface area contributed by atoms with Gasteiger partial charge in [0.05, 0.1) is 12.0 Å². The van der Waals surface area contributed by atoms with Crippen molar-refractivity contribution in [1.82, 2.24) is 5.32 Å². The highest BCUT2D eigenvalue weighted by Crippen LogP contribution is 2.30. The Morgan fingerprint density at radius 1 is 1.43 bits per heavy atom. The van der Waals surface area contributed by atoms with Crippen LogP contribution in [0, 0.1) is 17.2 Å². The Hall–Kier alpha value is -1.04. The van der Waals surface area contributed by atoms with Crippen LogP contribution in [0.4, 0.5) is 0 Å². The molecule has 1 N–H and O–H groups in total. The topological polar surface area (TPSA) is 35.8 Å². The zero-order chi connectivity index (χ0) is 9.97. The number of nitrogens with one attached hydrogen (secondary N) is 1. The van der Waals surface area contributed by atoms with E-state index in [2.05, 4.69) is 11.4 Å². The molecule has 0 aromatic heterocycles. The highest BCUT2D eigenvalue weighted by molar-refractivity contribution is 6.31. The number of hydrogen-bond acceptors (Lipinski definition) is 2. The minimum absolute atomic E-state index is 0.122. The van der Waals surface area contributed by atoms with Crippen molar-refractivity contribution < 1.29 is 0 Å². The fourth-order valence-corrected chi connectivity index (χ4v) is 2.10. The van der Waals surface area contributed by atoms with Gasteiger partial charge in [-0.2, -0.15) is 5.26 Å². The minimum atomic E-state index is 0.122. The van der Waals surface area contributed by atoms with Crippen LogP contribution < -0.4 is 5.32 Å². The van der Waals surface area contributed by atoms with Crippen LogP contribution in [-0.2, 0) is 0 Å². The van der Waals surface area contributed by atoms with Gasteiger partial charge < -0.3 is 5.32 Å². The van der Waals surface area contributed by atoms with E-state index in [4.69, 9.17) is 16.9 Å². The third-order valence-electron chi connectivity index (χ3n) is 2.59. The Kier molecular flexibility index (Phi) is 2.72. The molecule has 1 saturated heterocycles. The highest BCUT2D eigenvalue weighted by atomic mass is 35.5. The summed E-state index contributed by atoms with van der Waals surface area (Å²) in [5.41, 5.74) is 1.10. The molecule has 3 heteroatoms. The van der Waals surface area contributed by atoms with Gasteiger partial charge in [0.1, 0.15) is 0 Å². The Balaban J connectivity index is 2.18. The zero-order valence-electron chi connectivity index (χ0n) is 7.70. The van der Waals surface area contributed by atoms with E-state index in [1.165, 1.54) is 0 Å². The number of nitrogens with zero attached hydrogens (tertiary/aromatic N) is 1. The second kappa shape index (κ2) is 4.00. The first-order chi connectivity index (χ1) is 6.81. The van der Waals surface area contributed by atoms with Crippen LogP contribution in [0.1, 0.15) is 18.0 Å². The molecule has 1 fully saturated rings. The number of nitriles is 1. The van der Waals surface area contributed by atoms with Gasteiger partial charge in [-0.25, -0.2) is 0 Å². The molecular weight excluding hydrogens is 196 g/mol. The average Bonchev–Trinajstić information content (AvgIpc) is 2.67. The van der Waals surface area contributed by atoms with Crippen LogP contribution in [0.5, 0.6) is 0 Å². The Labute approximate surface area is 88.5 Å². The summed E-state index contributed by atoms with van der Waals surface area (Å²) in [6.07, 6.45) is 0.861. The lowest BCUT2D eigenvalue weighted by molar-refractivity contribution is 0.639. The lowest BCUT2D eigenvalue weighted by atomic mass is 10.0. The molecule has 0 saturated carbocycles. The van der Waals surface area contributed by atoms with Gasteiger partial charge in [-0.15, -0.1) is 0 Å². The van der Waals surface area contributed by atoms with Gasteiger partial charge in [0.25, 0.3) is 0 Å². The van der Waals surface area contributed by atoms with E-state index in [1.807, 2.05) is 24.3 Å². The summed E-state index contributed by atoms with van der Waals surface area (Å²) in [7, 11) is 0. The van der Waals surface area contributed by atoms with Crippen LogP contribution in [0.2, 0.25) is 5.02 Å². The van der Waals surface area contributed by atoms with Crippen molar-refractivity contribution in [1.29, 1.82) is 5.26 Å². The van der Waals surface area contributed by atoms with Gasteiger partial charge >= 0.3 is 0 Å². The standard InChI is InChI=1S/C11H11ClN2/c12-10-4-2-1-3-9(10)11-5-8(6-13)7-14-11/h1-4,8,11,14H,5,7H2. The molecule has 2 rings (SSSR count). The summed E-state index contributed by atoms with van der Waals surface area (Å²) in [6.45, 7) is 0.770. The van der Waals surface area contributed by atoms with E-state index in [-0.39, 0.29) is 12.0 Å². The number of hydrogen-bond donors (Lipinski definition) is 1. The molecule has 14 heavy (non-hydrogen) atoms. The normalized spacial score (nSPS) is 26.0. The van der Waals surface area contributed by atoms with E-state index in [1.54, 1.807) is 0 Å². The van der Waals surface area contributed by atoms with Crippen molar-refractivity contribution >= 4 is 11.6 Å². The average molecular weight is 207 g/mol. The summed E-state index contributed by atoms with van der Waals surface area (Å²) in [5.74, 6) is 0.122. The van der Waals surface area contributed by atoms with Crippen LogP contribution >= 0.6 is 11.6 Å². The van der Waals surface area contributed by atoms with Crippen molar-refractivity contribution in [2.75, 3.05) is 6.54 Å². The number of rotatable bonds is 1. The molecule has 0 spiro atoms. The summed E-state index contributed by atoms with van der Waals surface area (Å²) in [6, 6.07) is 10.3. The molecule has 0 bridgehead atoms. The summed E-state index contributed by atoms with van der Waals surface area (Å²) in [5, 5.41) is 12.9. The maximum Gasteiger partial charge on any atom is 0.0669 e. The lowest BCUT2D eigenvalue weighted by Gasteiger charge is -2.11. The summed E-state index contributed by atoms with van der Waals surface area (Å²) in [4.78, 5) is 0. The third-order valence-corrected chi connectivity index (χ3v) is 2.94. The molecule has 2 nitrogen and oxygen atoms in total. The van der Waals surface area contributed by atoms with Crippen molar-refractivity contribution in [2.45, 2.75) is 12.5 Å². The largest absolute Gasteiger partial charge is 0.309 e. The van der Waals surface area contributed by atoms with E-state index in [0.717, 1.165) is 23.6 Å². The van der Waals surface area contributed by atoms with E-state index in [0.29, 0.717) is 0 Å². The predicted octanol–water partition coefficient (Wildman–Crippen LogP) is 2.51. The maximum absolute atomic E-state index is 8.78. The third kappa shape index (κ3) is 1.75. The summed E-state index contributed by atoms with van der Waals surface area (Å²) >= 11 is 6.07. The molecule has 72 valence electrons. The van der Waals surface area contributed by atoms with Crippen LogP contribution in [0.15, 0.2) is 24.3 Å². The van der Waals surface area contributed by atoms with Crippen molar-refractivity contribution in [3.63, 3.8) is 0 Å². The quantitative estimate of drug-likeness (QED) is 0.767. The lowest BCUT2D eigenvalue weighted by Crippen LogP contribution is -2.13. The Bertz CT molecular complexity index is 370. The fourth-order valence-electron chi connectivity index (χ4n) is 1.83. The monoisotopic (exact) mass is 206 g/mol. The van der Waals surface area contributed by atoms with Crippen molar-refractivity contribution in [3.05, 3.63) is 34.9 Å². The molecule has 0 amide bonds. The Morgan fingerprint density at radius 3 is 2.86 bits per heavy atom. The maximum atomic E-state index is 8.78. The molecule has 2 atom stereocenters. The van der Waals surface area contributed by atoms with Crippen LogP contribution in [0.3, 0.4) is 0 Å².